The highest BCUT2D eigenvalue weighted by molar-refractivity contribution is 6.31. The molecule has 3 nitrogen and oxygen atoms in total. The Bertz CT molecular complexity index is 531. The van der Waals surface area contributed by atoms with Crippen molar-refractivity contribution in [2.24, 2.45) is 7.05 Å². The summed E-state index contributed by atoms with van der Waals surface area (Å²) >= 11 is 5.96. The van der Waals surface area contributed by atoms with Gasteiger partial charge < -0.3 is 9.36 Å². The summed E-state index contributed by atoms with van der Waals surface area (Å²) < 4.78 is 1.98. The molecule has 0 saturated carbocycles. The van der Waals surface area contributed by atoms with E-state index in [0.29, 0.717) is 11.4 Å². The van der Waals surface area contributed by atoms with Crippen LogP contribution in [-0.4, -0.2) is 15.8 Å². The molecule has 0 saturated heterocycles. The van der Waals surface area contributed by atoms with E-state index in [9.17, 15) is 4.79 Å². The minimum absolute atomic E-state index is 0.371. The van der Waals surface area contributed by atoms with Gasteiger partial charge in [0, 0.05) is 18.5 Å². The molecule has 0 atom stereocenters. The Labute approximate surface area is 92.7 Å². The van der Waals surface area contributed by atoms with Gasteiger partial charge >= 0.3 is 0 Å². The maximum absolute atomic E-state index is 10.6. The van der Waals surface area contributed by atoms with Crippen LogP contribution < -0.4 is 0 Å². The van der Waals surface area contributed by atoms with Crippen molar-refractivity contribution >= 4 is 28.9 Å². The van der Waals surface area contributed by atoms with E-state index in [0.717, 1.165) is 28.7 Å². The number of hydrogen-bond acceptors (Lipinski definition) is 2. The number of aromatic nitrogens is 2. The molecule has 0 fully saturated rings. The predicted octanol–water partition coefficient (Wildman–Crippen LogP) is 2.28. The Morgan fingerprint density at radius 2 is 2.27 bits per heavy atom. The van der Waals surface area contributed by atoms with Crippen molar-refractivity contribution < 1.29 is 4.79 Å². The molecule has 2 rings (SSSR count). The molecule has 0 bridgehead atoms. The van der Waals surface area contributed by atoms with Crippen molar-refractivity contribution in [1.82, 2.24) is 9.55 Å². The van der Waals surface area contributed by atoms with Gasteiger partial charge in [0.2, 0.25) is 0 Å². The molecule has 1 heterocycles. The Hall–Kier alpha value is -1.35. The lowest BCUT2D eigenvalue weighted by molar-refractivity contribution is -0.107. The van der Waals surface area contributed by atoms with Crippen LogP contribution in [-0.2, 0) is 18.3 Å². The van der Waals surface area contributed by atoms with E-state index in [1.807, 2.05) is 30.7 Å². The summed E-state index contributed by atoms with van der Waals surface area (Å²) in [5.41, 5.74) is 2.76. The second-order valence-corrected chi connectivity index (χ2v) is 3.96. The molecule has 15 heavy (non-hydrogen) atoms. The van der Waals surface area contributed by atoms with Crippen molar-refractivity contribution in [3.8, 4) is 0 Å². The smallest absolute Gasteiger partial charge is 0.124 e. The highest BCUT2D eigenvalue weighted by atomic mass is 35.5. The first-order valence-electron chi connectivity index (χ1n) is 4.68. The zero-order valence-electron chi connectivity index (χ0n) is 8.62. The third kappa shape index (κ3) is 1.63. The molecular formula is C11H11ClN2O. The number of aldehydes is 1. The molecule has 0 aliphatic heterocycles. The van der Waals surface area contributed by atoms with Crippen LogP contribution >= 0.6 is 11.6 Å². The molecule has 0 aliphatic carbocycles. The van der Waals surface area contributed by atoms with Gasteiger partial charge in [-0.05, 0) is 24.6 Å². The summed E-state index contributed by atoms with van der Waals surface area (Å²) in [6.07, 6.45) is 1.25. The van der Waals surface area contributed by atoms with Crippen LogP contribution in [0.3, 0.4) is 0 Å². The van der Waals surface area contributed by atoms with Crippen LogP contribution in [0.1, 0.15) is 11.4 Å². The number of benzene rings is 1. The number of aryl methyl sites for hydroxylation is 2. The highest BCUT2D eigenvalue weighted by Gasteiger charge is 2.10. The van der Waals surface area contributed by atoms with E-state index >= 15 is 0 Å². The van der Waals surface area contributed by atoms with Crippen LogP contribution in [0, 0.1) is 6.92 Å². The average molecular weight is 223 g/mol. The SMILES string of the molecule is Cc1nc2cc(Cl)cc(CC=O)c2n1C. The number of carbonyl (C=O) groups excluding carboxylic acids is 1. The van der Waals surface area contributed by atoms with E-state index in [1.54, 1.807) is 0 Å². The molecule has 2 aromatic rings. The standard InChI is InChI=1S/C11H11ClN2O/c1-7-13-10-6-9(12)5-8(3-4-15)11(10)14(7)2/h4-6H,3H2,1-2H3. The van der Waals surface area contributed by atoms with Gasteiger partial charge in [0.25, 0.3) is 0 Å². The fourth-order valence-corrected chi connectivity index (χ4v) is 2.00. The fourth-order valence-electron chi connectivity index (χ4n) is 1.77. The highest BCUT2D eigenvalue weighted by Crippen LogP contribution is 2.24. The average Bonchev–Trinajstić information content (AvgIpc) is 2.42. The minimum atomic E-state index is 0.371. The van der Waals surface area contributed by atoms with Crippen molar-refractivity contribution in [3.63, 3.8) is 0 Å². The molecule has 0 aliphatic rings. The summed E-state index contributed by atoms with van der Waals surface area (Å²) in [6, 6.07) is 3.64. The lowest BCUT2D eigenvalue weighted by atomic mass is 10.1. The van der Waals surface area contributed by atoms with Crippen molar-refractivity contribution in [1.29, 1.82) is 0 Å². The number of carbonyl (C=O) groups is 1. The summed E-state index contributed by atoms with van der Waals surface area (Å²) in [4.78, 5) is 15.0. The minimum Gasteiger partial charge on any atom is -0.331 e. The van der Waals surface area contributed by atoms with Crippen LogP contribution in [0.5, 0.6) is 0 Å². The first-order valence-corrected chi connectivity index (χ1v) is 5.06. The molecule has 1 aromatic heterocycles. The number of hydrogen-bond donors (Lipinski definition) is 0. The van der Waals surface area contributed by atoms with E-state index < -0.39 is 0 Å². The van der Waals surface area contributed by atoms with Gasteiger partial charge in [0.05, 0.1) is 11.0 Å². The van der Waals surface area contributed by atoms with E-state index in [2.05, 4.69) is 4.98 Å². The first-order chi connectivity index (χ1) is 7.13. The quantitative estimate of drug-likeness (QED) is 0.731. The van der Waals surface area contributed by atoms with Gasteiger partial charge in [0.1, 0.15) is 12.1 Å². The monoisotopic (exact) mass is 222 g/mol. The van der Waals surface area contributed by atoms with Gasteiger partial charge in [-0.2, -0.15) is 0 Å². The molecule has 0 amide bonds. The van der Waals surface area contributed by atoms with E-state index in [-0.39, 0.29) is 0 Å². The Kier molecular flexibility index (Phi) is 2.49. The molecule has 0 unspecified atom stereocenters. The summed E-state index contributed by atoms with van der Waals surface area (Å²) in [7, 11) is 1.94. The van der Waals surface area contributed by atoms with Gasteiger partial charge in [-0.3, -0.25) is 0 Å². The molecule has 4 heteroatoms. The number of halogens is 1. The van der Waals surface area contributed by atoms with Crippen molar-refractivity contribution in [2.45, 2.75) is 13.3 Å². The summed E-state index contributed by atoms with van der Waals surface area (Å²) in [5.74, 6) is 0.916. The van der Waals surface area contributed by atoms with Crippen LogP contribution in [0.25, 0.3) is 11.0 Å². The summed E-state index contributed by atoms with van der Waals surface area (Å²) in [6.45, 7) is 1.93. The van der Waals surface area contributed by atoms with Gasteiger partial charge in [-0.1, -0.05) is 11.6 Å². The third-order valence-electron chi connectivity index (χ3n) is 2.54. The summed E-state index contributed by atoms with van der Waals surface area (Å²) in [5, 5.41) is 0.623. The third-order valence-corrected chi connectivity index (χ3v) is 2.76. The number of nitrogens with zero attached hydrogens (tertiary/aromatic N) is 2. The molecular weight excluding hydrogens is 212 g/mol. The van der Waals surface area contributed by atoms with Gasteiger partial charge in [0.15, 0.2) is 0 Å². The lowest BCUT2D eigenvalue weighted by Gasteiger charge is -2.03. The van der Waals surface area contributed by atoms with Crippen LogP contribution in [0.15, 0.2) is 12.1 Å². The number of fused-ring (bicyclic) bond motifs is 1. The number of rotatable bonds is 2. The lowest BCUT2D eigenvalue weighted by Crippen LogP contribution is -1.95. The predicted molar refractivity (Wildman–Crippen MR) is 60.2 cm³/mol. The normalized spacial score (nSPS) is 10.9. The molecule has 1 aromatic carbocycles. The van der Waals surface area contributed by atoms with Crippen LogP contribution in [0.4, 0.5) is 0 Å². The molecule has 0 N–H and O–H groups in total. The fraction of sp³-hybridized carbons (Fsp3) is 0.273. The number of imidazole rings is 1. The second kappa shape index (κ2) is 3.66. The van der Waals surface area contributed by atoms with Crippen LogP contribution in [0.2, 0.25) is 5.02 Å². The molecule has 78 valence electrons. The van der Waals surface area contributed by atoms with Gasteiger partial charge in [-0.15, -0.1) is 0 Å². The van der Waals surface area contributed by atoms with Crippen molar-refractivity contribution in [3.05, 3.63) is 28.5 Å². The topological polar surface area (TPSA) is 34.9 Å². The van der Waals surface area contributed by atoms with E-state index in [4.69, 9.17) is 11.6 Å². The maximum Gasteiger partial charge on any atom is 0.124 e. The molecule has 0 spiro atoms. The Morgan fingerprint density at radius 3 is 2.93 bits per heavy atom. The zero-order chi connectivity index (χ0) is 11.0. The van der Waals surface area contributed by atoms with Gasteiger partial charge in [-0.25, -0.2) is 4.98 Å². The Balaban J connectivity index is 2.81. The second-order valence-electron chi connectivity index (χ2n) is 3.52. The Morgan fingerprint density at radius 1 is 1.53 bits per heavy atom. The molecule has 0 radical (unpaired) electrons. The first kappa shape index (κ1) is 10.2. The zero-order valence-corrected chi connectivity index (χ0v) is 9.38. The largest absolute Gasteiger partial charge is 0.331 e. The maximum atomic E-state index is 10.6. The van der Waals surface area contributed by atoms with E-state index in [1.165, 1.54) is 0 Å². The van der Waals surface area contributed by atoms with Crippen molar-refractivity contribution in [2.75, 3.05) is 0 Å².